The van der Waals surface area contributed by atoms with Crippen molar-refractivity contribution in [2.45, 2.75) is 38.6 Å². The first kappa shape index (κ1) is 13.4. The fourth-order valence-corrected chi connectivity index (χ4v) is 3.60. The monoisotopic (exact) mass is 274 g/mol. The first-order valence-electron chi connectivity index (χ1n) is 7.35. The molecule has 2 atom stereocenters. The molecule has 1 aromatic carbocycles. The summed E-state index contributed by atoms with van der Waals surface area (Å²) >= 11 is 0. The zero-order chi connectivity index (χ0) is 14.3. The van der Waals surface area contributed by atoms with Gasteiger partial charge in [0.15, 0.2) is 0 Å². The van der Waals surface area contributed by atoms with Gasteiger partial charge in [-0.25, -0.2) is 0 Å². The second kappa shape index (κ2) is 4.77. The van der Waals surface area contributed by atoms with Crippen molar-refractivity contribution in [3.8, 4) is 5.75 Å². The van der Waals surface area contributed by atoms with E-state index in [0.717, 1.165) is 38.8 Å². The maximum absolute atomic E-state index is 11.6. The number of phenols is 1. The Morgan fingerprint density at radius 2 is 2.30 bits per heavy atom. The van der Waals surface area contributed by atoms with Crippen LogP contribution in [0.15, 0.2) is 18.2 Å². The lowest BCUT2D eigenvalue weighted by Crippen LogP contribution is -2.38. The largest absolute Gasteiger partial charge is 0.508 e. The summed E-state index contributed by atoms with van der Waals surface area (Å²) in [6.07, 6.45) is 4.15. The van der Waals surface area contributed by atoms with Crippen LogP contribution in [0.1, 0.15) is 43.4 Å². The minimum Gasteiger partial charge on any atom is -0.508 e. The summed E-state index contributed by atoms with van der Waals surface area (Å²) in [5, 5.41) is 9.75. The van der Waals surface area contributed by atoms with Crippen LogP contribution in [0.25, 0.3) is 0 Å². The summed E-state index contributed by atoms with van der Waals surface area (Å²) in [6.45, 7) is 3.59. The average molecular weight is 274 g/mol. The van der Waals surface area contributed by atoms with Crippen molar-refractivity contribution in [2.24, 2.45) is 11.1 Å². The van der Waals surface area contributed by atoms with Crippen LogP contribution in [0.5, 0.6) is 5.75 Å². The molecule has 1 amide bonds. The molecule has 1 heterocycles. The number of hydrogen-bond acceptors (Lipinski definition) is 3. The highest BCUT2D eigenvalue weighted by molar-refractivity contribution is 5.81. The van der Waals surface area contributed by atoms with Crippen LogP contribution in [0.4, 0.5) is 0 Å². The van der Waals surface area contributed by atoms with Crippen molar-refractivity contribution in [3.63, 3.8) is 0 Å². The zero-order valence-corrected chi connectivity index (χ0v) is 11.9. The van der Waals surface area contributed by atoms with E-state index < -0.39 is 5.41 Å². The highest BCUT2D eigenvalue weighted by Crippen LogP contribution is 2.41. The van der Waals surface area contributed by atoms with Crippen molar-refractivity contribution in [1.82, 2.24) is 4.90 Å². The van der Waals surface area contributed by atoms with Crippen molar-refractivity contribution in [1.29, 1.82) is 0 Å². The topological polar surface area (TPSA) is 66.6 Å². The number of phenolic OH excluding ortho intramolecular Hbond substituents is 1. The van der Waals surface area contributed by atoms with Gasteiger partial charge >= 0.3 is 0 Å². The highest BCUT2D eigenvalue weighted by atomic mass is 16.3. The van der Waals surface area contributed by atoms with Gasteiger partial charge in [-0.2, -0.15) is 0 Å². The van der Waals surface area contributed by atoms with Crippen molar-refractivity contribution in [2.75, 3.05) is 13.1 Å². The molecule has 3 rings (SSSR count). The van der Waals surface area contributed by atoms with E-state index in [1.165, 1.54) is 11.1 Å². The molecule has 1 saturated heterocycles. The fourth-order valence-electron chi connectivity index (χ4n) is 3.60. The highest BCUT2D eigenvalue weighted by Gasteiger charge is 2.42. The SMILES string of the molecule is CC1(C(N)=O)CCN(C2CCCc3ccc(O)cc32)C1. The Hall–Kier alpha value is -1.55. The molecule has 0 radical (unpaired) electrons. The van der Waals surface area contributed by atoms with Gasteiger partial charge in [0.05, 0.1) is 5.41 Å². The van der Waals surface area contributed by atoms with Crippen LogP contribution >= 0.6 is 0 Å². The third-order valence-corrected chi connectivity index (χ3v) is 4.95. The number of hydrogen-bond donors (Lipinski definition) is 2. The van der Waals surface area contributed by atoms with Gasteiger partial charge in [0.25, 0.3) is 0 Å². The number of amides is 1. The van der Waals surface area contributed by atoms with E-state index in [1.807, 2.05) is 19.1 Å². The smallest absolute Gasteiger partial charge is 0.224 e. The number of carbonyl (C=O) groups excluding carboxylic acids is 1. The maximum Gasteiger partial charge on any atom is 0.224 e. The van der Waals surface area contributed by atoms with E-state index in [2.05, 4.69) is 4.90 Å². The van der Waals surface area contributed by atoms with Gasteiger partial charge in [-0.15, -0.1) is 0 Å². The molecule has 4 nitrogen and oxygen atoms in total. The van der Waals surface area contributed by atoms with Gasteiger partial charge in [-0.1, -0.05) is 6.07 Å². The predicted octanol–water partition coefficient (Wildman–Crippen LogP) is 1.97. The number of likely N-dealkylation sites (tertiary alicyclic amines) is 1. The Morgan fingerprint density at radius 3 is 3.00 bits per heavy atom. The normalized spacial score (nSPS) is 30.1. The van der Waals surface area contributed by atoms with E-state index in [-0.39, 0.29) is 5.91 Å². The number of nitrogens with two attached hydrogens (primary N) is 1. The zero-order valence-electron chi connectivity index (χ0n) is 11.9. The Morgan fingerprint density at radius 1 is 1.50 bits per heavy atom. The fraction of sp³-hybridized carbons (Fsp3) is 0.562. The first-order chi connectivity index (χ1) is 9.49. The van der Waals surface area contributed by atoms with E-state index in [4.69, 9.17) is 5.73 Å². The Kier molecular flexibility index (Phi) is 3.21. The van der Waals surface area contributed by atoms with Gasteiger partial charge in [-0.05, 0) is 62.4 Å². The van der Waals surface area contributed by atoms with Crippen molar-refractivity contribution in [3.05, 3.63) is 29.3 Å². The molecule has 3 N–H and O–H groups in total. The number of aromatic hydroxyl groups is 1. The van der Waals surface area contributed by atoms with Gasteiger partial charge < -0.3 is 10.8 Å². The molecule has 1 aliphatic carbocycles. The van der Waals surface area contributed by atoms with E-state index in [9.17, 15) is 9.90 Å². The Balaban J connectivity index is 1.87. The Bertz CT molecular complexity index is 543. The van der Waals surface area contributed by atoms with Crippen LogP contribution in [0.2, 0.25) is 0 Å². The third kappa shape index (κ3) is 2.18. The van der Waals surface area contributed by atoms with E-state index in [0.29, 0.717) is 11.8 Å². The summed E-state index contributed by atoms with van der Waals surface area (Å²) in [7, 11) is 0. The molecule has 0 bridgehead atoms. The van der Waals surface area contributed by atoms with Crippen LogP contribution < -0.4 is 5.73 Å². The van der Waals surface area contributed by atoms with Crippen LogP contribution in [0, 0.1) is 5.41 Å². The predicted molar refractivity (Wildman–Crippen MR) is 77.3 cm³/mol. The molecule has 1 fully saturated rings. The number of rotatable bonds is 2. The number of carbonyl (C=O) groups is 1. The molecule has 108 valence electrons. The molecular formula is C16H22N2O2. The van der Waals surface area contributed by atoms with Gasteiger partial charge in [-0.3, -0.25) is 9.69 Å². The first-order valence-corrected chi connectivity index (χ1v) is 7.35. The van der Waals surface area contributed by atoms with Crippen LogP contribution in [-0.4, -0.2) is 29.0 Å². The molecule has 0 spiro atoms. The lowest BCUT2D eigenvalue weighted by atomic mass is 9.86. The quantitative estimate of drug-likeness (QED) is 0.866. The third-order valence-electron chi connectivity index (χ3n) is 4.95. The minimum absolute atomic E-state index is 0.202. The molecule has 1 aromatic rings. The second-order valence-corrected chi connectivity index (χ2v) is 6.44. The summed E-state index contributed by atoms with van der Waals surface area (Å²) in [5.41, 5.74) is 7.68. The molecule has 0 aromatic heterocycles. The molecule has 0 saturated carbocycles. The molecule has 4 heteroatoms. The lowest BCUT2D eigenvalue weighted by Gasteiger charge is -2.34. The molecule has 20 heavy (non-hydrogen) atoms. The number of benzene rings is 1. The molecular weight excluding hydrogens is 252 g/mol. The molecule has 2 aliphatic rings. The summed E-state index contributed by atoms with van der Waals surface area (Å²) in [6, 6.07) is 5.99. The summed E-state index contributed by atoms with van der Waals surface area (Å²) < 4.78 is 0. The Labute approximate surface area is 119 Å². The van der Waals surface area contributed by atoms with Gasteiger partial charge in [0.2, 0.25) is 5.91 Å². The van der Waals surface area contributed by atoms with Crippen LogP contribution in [0.3, 0.4) is 0 Å². The number of fused-ring (bicyclic) bond motifs is 1. The van der Waals surface area contributed by atoms with Gasteiger partial charge in [0, 0.05) is 12.6 Å². The molecule has 2 unspecified atom stereocenters. The van der Waals surface area contributed by atoms with Crippen LogP contribution in [-0.2, 0) is 11.2 Å². The number of primary amides is 1. The second-order valence-electron chi connectivity index (χ2n) is 6.44. The van der Waals surface area contributed by atoms with E-state index in [1.54, 1.807) is 6.07 Å². The number of aryl methyl sites for hydroxylation is 1. The minimum atomic E-state index is -0.408. The average Bonchev–Trinajstić information content (AvgIpc) is 2.82. The van der Waals surface area contributed by atoms with E-state index >= 15 is 0 Å². The summed E-state index contributed by atoms with van der Waals surface area (Å²) in [4.78, 5) is 14.0. The standard InChI is InChI=1S/C16H22N2O2/c1-16(15(17)20)7-8-18(10-16)14-4-2-3-11-5-6-12(19)9-13(11)14/h5-6,9,14,19H,2-4,7-8,10H2,1H3,(H2,17,20). The lowest BCUT2D eigenvalue weighted by molar-refractivity contribution is -0.126. The van der Waals surface area contributed by atoms with Crippen molar-refractivity contribution >= 4 is 5.91 Å². The van der Waals surface area contributed by atoms with Gasteiger partial charge in [0.1, 0.15) is 5.75 Å². The summed E-state index contributed by atoms with van der Waals surface area (Å²) in [5.74, 6) is 0.124. The molecule has 1 aliphatic heterocycles. The van der Waals surface area contributed by atoms with Crippen molar-refractivity contribution < 1.29 is 9.90 Å². The maximum atomic E-state index is 11.6. The number of nitrogens with zero attached hydrogens (tertiary/aromatic N) is 1.